The van der Waals surface area contributed by atoms with E-state index in [9.17, 15) is 14.4 Å². The summed E-state index contributed by atoms with van der Waals surface area (Å²) < 4.78 is 34.5. The van der Waals surface area contributed by atoms with Crippen LogP contribution in [-0.2, 0) is 42.8 Å². The van der Waals surface area contributed by atoms with Crippen LogP contribution in [0.5, 0.6) is 0 Å². The van der Waals surface area contributed by atoms with Crippen LogP contribution in [0.15, 0.2) is 0 Å². The Labute approximate surface area is 219 Å². The van der Waals surface area contributed by atoms with E-state index in [4.69, 9.17) is 33.5 Å². The molecule has 0 unspecified atom stereocenters. The largest absolute Gasteiger partial charge is 0.412 e. The van der Waals surface area contributed by atoms with Gasteiger partial charge in [0.15, 0.2) is 26.0 Å². The quantitative estimate of drug-likeness (QED) is 0.0803. The Morgan fingerprint density at radius 2 is 1.35 bits per heavy atom. The zero-order valence-corrected chi connectivity index (χ0v) is 22.3. The maximum Gasteiger partial charge on any atom is 0.412 e. The molecule has 37 heavy (non-hydrogen) atoms. The van der Waals surface area contributed by atoms with Gasteiger partial charge in [-0.3, -0.25) is 4.79 Å². The first-order valence-electron chi connectivity index (χ1n) is 12.5. The van der Waals surface area contributed by atoms with Gasteiger partial charge in [-0.15, -0.1) is 0 Å². The third-order valence-corrected chi connectivity index (χ3v) is 4.65. The zero-order chi connectivity index (χ0) is 27.6. The zero-order valence-electron chi connectivity index (χ0n) is 22.3. The van der Waals surface area contributed by atoms with Crippen LogP contribution in [0.4, 0.5) is 0 Å². The van der Waals surface area contributed by atoms with Crippen LogP contribution in [0, 0.1) is 0 Å². The van der Waals surface area contributed by atoms with Crippen LogP contribution in [0.1, 0.15) is 19.8 Å². The van der Waals surface area contributed by atoms with E-state index in [1.807, 2.05) is 6.92 Å². The summed E-state index contributed by atoms with van der Waals surface area (Å²) in [7, 11) is 1.55. The standard InChI is InChI=1S/C24H44N3O10/c1-4-5-6-25-22(29)20-37-21-24(31)27(3)8-10-33-12-14-35-16-18-36-17-15-34-13-11-32-9-7-26(2)23(30)19-28/h7,28H,3-6,8-21H2,1-2H3/q+1/p+1. The first kappa shape index (κ1) is 34.9. The molecule has 0 aliphatic carbocycles. The molecule has 0 aromatic heterocycles. The fraction of sp³-hybridized carbons (Fsp3) is 0.792. The molecule has 0 aliphatic rings. The maximum atomic E-state index is 11.9. The number of unbranched alkanes of at least 4 members (excludes halogenated alkanes) is 1. The summed E-state index contributed by atoms with van der Waals surface area (Å²) in [4.78, 5) is 34.5. The number of aliphatic hydroxyl groups excluding tert-OH is 1. The number of hydrogen-bond acceptors (Lipinski definition) is 10. The molecule has 0 rings (SSSR count). The molecule has 0 aromatic carbocycles. The smallest absolute Gasteiger partial charge is 0.382 e. The summed E-state index contributed by atoms with van der Waals surface area (Å²) in [5.74, 6) is -0.963. The Bertz CT molecular complexity index is 673. The summed E-state index contributed by atoms with van der Waals surface area (Å²) in [6.07, 6.45) is 3.44. The van der Waals surface area contributed by atoms with E-state index in [0.29, 0.717) is 72.6 Å². The minimum absolute atomic E-state index is 0.155. The second-order valence-electron chi connectivity index (χ2n) is 7.72. The number of likely N-dealkylation sites (N-methyl/N-ethyl adjacent to an activating group) is 1. The Kier molecular flexibility index (Phi) is 24.0. The van der Waals surface area contributed by atoms with Crippen molar-refractivity contribution in [3.8, 4) is 0 Å². The molecule has 2 N–H and O–H groups in total. The van der Waals surface area contributed by atoms with Gasteiger partial charge in [0.05, 0.1) is 52.9 Å². The van der Waals surface area contributed by atoms with Crippen LogP contribution >= 0.6 is 0 Å². The molecule has 0 saturated heterocycles. The second-order valence-corrected chi connectivity index (χ2v) is 7.72. The lowest BCUT2D eigenvalue weighted by molar-refractivity contribution is -0.447. The van der Waals surface area contributed by atoms with Crippen molar-refractivity contribution < 1.29 is 57.1 Å². The SMILES string of the molecule is C=[N+](CCOCCOCCOCCOCCOCC=[N+](C)C(=O)CO)C(=O)COCC(=O)NCCCC. The third-order valence-electron chi connectivity index (χ3n) is 4.65. The van der Waals surface area contributed by atoms with Gasteiger partial charge in [0, 0.05) is 6.54 Å². The van der Waals surface area contributed by atoms with Crippen molar-refractivity contribution in [2.75, 3.05) is 106 Å². The molecule has 13 nitrogen and oxygen atoms in total. The highest BCUT2D eigenvalue weighted by molar-refractivity contribution is 5.77. The fourth-order valence-electron chi connectivity index (χ4n) is 2.42. The topological polar surface area (TPSA) is 145 Å². The summed E-state index contributed by atoms with van der Waals surface area (Å²) in [5, 5.41) is 11.4. The number of hydrogen-bond donors (Lipinski definition) is 2. The van der Waals surface area contributed by atoms with Crippen molar-refractivity contribution in [3.63, 3.8) is 0 Å². The van der Waals surface area contributed by atoms with Crippen molar-refractivity contribution in [2.45, 2.75) is 19.8 Å². The maximum absolute atomic E-state index is 11.9. The van der Waals surface area contributed by atoms with Crippen LogP contribution in [0.25, 0.3) is 0 Å². The monoisotopic (exact) mass is 535 g/mol. The van der Waals surface area contributed by atoms with Gasteiger partial charge < -0.3 is 38.8 Å². The van der Waals surface area contributed by atoms with Crippen molar-refractivity contribution >= 4 is 30.7 Å². The molecular formula is C24H45N3O10+2. The van der Waals surface area contributed by atoms with Gasteiger partial charge in [-0.25, -0.2) is 9.59 Å². The van der Waals surface area contributed by atoms with E-state index >= 15 is 0 Å². The van der Waals surface area contributed by atoms with Gasteiger partial charge in [-0.1, -0.05) is 13.3 Å². The highest BCUT2D eigenvalue weighted by Gasteiger charge is 2.15. The third kappa shape index (κ3) is 22.8. The summed E-state index contributed by atoms with van der Waals surface area (Å²) in [5.41, 5.74) is 0. The highest BCUT2D eigenvalue weighted by Crippen LogP contribution is 1.87. The fourth-order valence-corrected chi connectivity index (χ4v) is 2.42. The summed E-state index contributed by atoms with van der Waals surface area (Å²) >= 11 is 0. The van der Waals surface area contributed by atoms with Gasteiger partial charge in [0.1, 0.15) is 33.6 Å². The van der Waals surface area contributed by atoms with E-state index in [0.717, 1.165) is 12.8 Å². The minimum atomic E-state index is -0.533. The average molecular weight is 536 g/mol. The molecule has 0 spiro atoms. The number of aliphatic hydroxyl groups is 1. The summed E-state index contributed by atoms with van der Waals surface area (Å²) in [6.45, 7) is 9.53. The predicted octanol–water partition coefficient (Wildman–Crippen LogP) is -1.53. The van der Waals surface area contributed by atoms with Crippen molar-refractivity contribution in [1.82, 2.24) is 5.32 Å². The van der Waals surface area contributed by atoms with E-state index in [-0.39, 0.29) is 31.6 Å². The first-order chi connectivity index (χ1) is 17.9. The first-order valence-corrected chi connectivity index (χ1v) is 12.5. The Morgan fingerprint density at radius 3 is 1.89 bits per heavy atom. The average Bonchev–Trinajstić information content (AvgIpc) is 2.89. The molecule has 0 aliphatic heterocycles. The molecule has 0 heterocycles. The number of carbonyl (C=O) groups excluding carboxylic acids is 3. The van der Waals surface area contributed by atoms with Crippen LogP contribution in [-0.4, -0.2) is 151 Å². The molecule has 0 saturated carbocycles. The van der Waals surface area contributed by atoms with E-state index in [2.05, 4.69) is 12.0 Å². The number of nitrogens with zero attached hydrogens (tertiary/aromatic N) is 2. The molecule has 0 bridgehead atoms. The van der Waals surface area contributed by atoms with Crippen molar-refractivity contribution in [1.29, 1.82) is 0 Å². The molecule has 13 heteroatoms. The van der Waals surface area contributed by atoms with E-state index in [1.54, 1.807) is 13.3 Å². The van der Waals surface area contributed by atoms with Gasteiger partial charge in [0.25, 0.3) is 0 Å². The molecule has 0 atom stereocenters. The van der Waals surface area contributed by atoms with Crippen LogP contribution in [0.3, 0.4) is 0 Å². The predicted molar refractivity (Wildman–Crippen MR) is 134 cm³/mol. The molecule has 214 valence electrons. The molecule has 3 amide bonds. The number of amides is 3. The number of ether oxygens (including phenoxy) is 6. The van der Waals surface area contributed by atoms with Gasteiger partial charge >= 0.3 is 11.8 Å². The Morgan fingerprint density at radius 1 is 0.811 bits per heavy atom. The lowest BCUT2D eigenvalue weighted by atomic mass is 10.3. The van der Waals surface area contributed by atoms with Gasteiger partial charge in [-0.05, 0) is 6.42 Å². The lowest BCUT2D eigenvalue weighted by Crippen LogP contribution is -2.32. The number of carbonyl (C=O) groups is 3. The second kappa shape index (κ2) is 25.5. The molecule has 0 fully saturated rings. The van der Waals surface area contributed by atoms with E-state index < -0.39 is 12.5 Å². The molecular weight excluding hydrogens is 490 g/mol. The Hall–Kier alpha value is -2.13. The highest BCUT2D eigenvalue weighted by atomic mass is 16.6. The minimum Gasteiger partial charge on any atom is -0.382 e. The Balaban J connectivity index is 3.41. The van der Waals surface area contributed by atoms with Crippen LogP contribution < -0.4 is 5.32 Å². The normalized spacial score (nSPS) is 11.5. The van der Waals surface area contributed by atoms with Crippen molar-refractivity contribution in [2.24, 2.45) is 0 Å². The van der Waals surface area contributed by atoms with Crippen LogP contribution in [0.2, 0.25) is 0 Å². The molecule has 0 aromatic rings. The molecule has 0 radical (unpaired) electrons. The lowest BCUT2D eigenvalue weighted by Gasteiger charge is -2.07. The number of nitrogens with one attached hydrogen (secondary N) is 1. The van der Waals surface area contributed by atoms with Gasteiger partial charge in [0.2, 0.25) is 5.91 Å². The summed E-state index contributed by atoms with van der Waals surface area (Å²) in [6, 6.07) is 0. The van der Waals surface area contributed by atoms with E-state index in [1.165, 1.54) is 9.15 Å². The number of rotatable bonds is 25. The van der Waals surface area contributed by atoms with Gasteiger partial charge in [-0.2, -0.15) is 9.15 Å². The van der Waals surface area contributed by atoms with Crippen molar-refractivity contribution in [3.05, 3.63) is 0 Å².